The number of imide groups is 1. The number of nitrogens with one attached hydrogen (secondary N) is 1. The highest BCUT2D eigenvalue weighted by molar-refractivity contribution is 6.09. The maximum Gasteiger partial charge on any atom is 0.255 e. The van der Waals surface area contributed by atoms with Crippen molar-refractivity contribution in [3.05, 3.63) is 29.3 Å². The molecule has 0 bridgehead atoms. The van der Waals surface area contributed by atoms with Crippen LogP contribution in [-0.2, 0) is 16.1 Å². The van der Waals surface area contributed by atoms with Gasteiger partial charge in [-0.3, -0.25) is 19.7 Å². The summed E-state index contributed by atoms with van der Waals surface area (Å²) >= 11 is 0. The molecule has 18 heavy (non-hydrogen) atoms. The number of rotatable bonds is 1. The molecule has 0 radical (unpaired) electrons. The van der Waals surface area contributed by atoms with Crippen molar-refractivity contribution in [2.75, 3.05) is 5.73 Å². The van der Waals surface area contributed by atoms with Gasteiger partial charge in [-0.1, -0.05) is 6.07 Å². The zero-order chi connectivity index (χ0) is 12.9. The molecule has 0 unspecified atom stereocenters. The van der Waals surface area contributed by atoms with E-state index in [0.717, 1.165) is 5.56 Å². The molecule has 1 aromatic carbocycles. The number of hydrogen-bond donors (Lipinski definition) is 2. The van der Waals surface area contributed by atoms with Crippen LogP contribution < -0.4 is 11.1 Å². The summed E-state index contributed by atoms with van der Waals surface area (Å²) in [4.78, 5) is 36.3. The minimum atomic E-state index is -0.711. The Hall–Kier alpha value is -2.37. The van der Waals surface area contributed by atoms with E-state index in [1.165, 1.54) is 4.90 Å². The highest BCUT2D eigenvalue weighted by Crippen LogP contribution is 2.30. The summed E-state index contributed by atoms with van der Waals surface area (Å²) in [7, 11) is 0. The lowest BCUT2D eigenvalue weighted by Crippen LogP contribution is -2.40. The third kappa shape index (κ3) is 1.38. The number of nitrogens with two attached hydrogens (primary N) is 1. The number of nitrogens with zero attached hydrogens (tertiary/aromatic N) is 1. The van der Waals surface area contributed by atoms with Crippen LogP contribution in [0.15, 0.2) is 18.2 Å². The summed E-state index contributed by atoms with van der Waals surface area (Å²) in [5.41, 5.74) is 7.59. The standard InChI is InChI=1S/C12H11N3O3/c13-8-3-1-2-6-7(8)5-15(12(6)18)9-4-10(16)14-11(9)17/h1-3,9H,4-5,13H2,(H,14,16,17)/t9-/m0/s1. The molecule has 6 heteroatoms. The number of fused-ring (bicyclic) bond motifs is 1. The fourth-order valence-corrected chi connectivity index (χ4v) is 2.42. The maximum atomic E-state index is 12.2. The second kappa shape index (κ2) is 3.56. The van der Waals surface area contributed by atoms with Crippen molar-refractivity contribution in [2.24, 2.45) is 0 Å². The van der Waals surface area contributed by atoms with Crippen LogP contribution in [0.25, 0.3) is 0 Å². The van der Waals surface area contributed by atoms with E-state index in [-0.39, 0.29) is 24.8 Å². The first-order valence-electron chi connectivity index (χ1n) is 5.60. The van der Waals surface area contributed by atoms with Crippen LogP contribution in [0.4, 0.5) is 5.69 Å². The molecular weight excluding hydrogens is 234 g/mol. The predicted octanol–water partition coefficient (Wildman–Crippen LogP) is -0.360. The molecule has 92 valence electrons. The Morgan fingerprint density at radius 1 is 1.28 bits per heavy atom. The van der Waals surface area contributed by atoms with E-state index in [2.05, 4.69) is 5.32 Å². The minimum Gasteiger partial charge on any atom is -0.398 e. The number of carbonyl (C=O) groups is 3. The normalized spacial score (nSPS) is 22.3. The zero-order valence-corrected chi connectivity index (χ0v) is 9.47. The number of benzene rings is 1. The summed E-state index contributed by atoms with van der Waals surface area (Å²) < 4.78 is 0. The third-order valence-corrected chi connectivity index (χ3v) is 3.35. The van der Waals surface area contributed by atoms with Crippen molar-refractivity contribution >= 4 is 23.4 Å². The van der Waals surface area contributed by atoms with E-state index in [0.29, 0.717) is 11.3 Å². The molecule has 1 saturated heterocycles. The Morgan fingerprint density at radius 3 is 2.67 bits per heavy atom. The first kappa shape index (κ1) is 10.8. The van der Waals surface area contributed by atoms with Gasteiger partial charge in [-0.25, -0.2) is 0 Å². The summed E-state index contributed by atoms with van der Waals surface area (Å²) in [6.07, 6.45) is 0.0263. The molecular formula is C12H11N3O3. The van der Waals surface area contributed by atoms with Crippen molar-refractivity contribution in [3.8, 4) is 0 Å². The lowest BCUT2D eigenvalue weighted by molar-refractivity contribution is -0.126. The van der Waals surface area contributed by atoms with Crippen LogP contribution in [0.5, 0.6) is 0 Å². The topological polar surface area (TPSA) is 92.5 Å². The molecule has 2 aliphatic heterocycles. The van der Waals surface area contributed by atoms with Gasteiger partial charge in [0.2, 0.25) is 11.8 Å². The number of nitrogen functional groups attached to an aromatic ring is 1. The lowest BCUT2D eigenvalue weighted by Gasteiger charge is -2.20. The Bertz CT molecular complexity index is 582. The summed E-state index contributed by atoms with van der Waals surface area (Å²) in [6, 6.07) is 4.39. The van der Waals surface area contributed by atoms with E-state index in [1.54, 1.807) is 18.2 Å². The highest BCUT2D eigenvalue weighted by Gasteiger charge is 2.41. The monoisotopic (exact) mass is 245 g/mol. The lowest BCUT2D eigenvalue weighted by atomic mass is 10.1. The average molecular weight is 245 g/mol. The number of carbonyl (C=O) groups excluding carboxylic acids is 3. The molecule has 2 aliphatic rings. The molecule has 2 heterocycles. The average Bonchev–Trinajstić information content (AvgIpc) is 2.81. The highest BCUT2D eigenvalue weighted by atomic mass is 16.2. The van der Waals surface area contributed by atoms with E-state index in [4.69, 9.17) is 5.73 Å². The second-order valence-corrected chi connectivity index (χ2v) is 4.44. The van der Waals surface area contributed by atoms with Crippen molar-refractivity contribution in [3.63, 3.8) is 0 Å². The van der Waals surface area contributed by atoms with Crippen molar-refractivity contribution in [1.82, 2.24) is 10.2 Å². The van der Waals surface area contributed by atoms with Crippen molar-refractivity contribution in [2.45, 2.75) is 19.0 Å². The van der Waals surface area contributed by atoms with Gasteiger partial charge in [-0.15, -0.1) is 0 Å². The molecule has 3 N–H and O–H groups in total. The molecule has 1 fully saturated rings. The van der Waals surface area contributed by atoms with Crippen molar-refractivity contribution in [1.29, 1.82) is 0 Å². The van der Waals surface area contributed by atoms with E-state index in [9.17, 15) is 14.4 Å². The van der Waals surface area contributed by atoms with Crippen LogP contribution in [0.3, 0.4) is 0 Å². The first-order valence-corrected chi connectivity index (χ1v) is 5.60. The van der Waals surface area contributed by atoms with Gasteiger partial charge in [0.05, 0.1) is 6.42 Å². The molecule has 0 aliphatic carbocycles. The van der Waals surface area contributed by atoms with Gasteiger partial charge in [-0.2, -0.15) is 0 Å². The largest absolute Gasteiger partial charge is 0.398 e. The molecule has 6 nitrogen and oxygen atoms in total. The van der Waals surface area contributed by atoms with Gasteiger partial charge in [-0.05, 0) is 12.1 Å². The summed E-state index contributed by atoms with van der Waals surface area (Å²) in [5.74, 6) is -1.01. The summed E-state index contributed by atoms with van der Waals surface area (Å²) in [6.45, 7) is 0.284. The minimum absolute atomic E-state index is 0.0263. The molecule has 1 aromatic rings. The molecule has 0 saturated carbocycles. The second-order valence-electron chi connectivity index (χ2n) is 4.44. The fourth-order valence-electron chi connectivity index (χ4n) is 2.42. The molecule has 3 rings (SSSR count). The van der Waals surface area contributed by atoms with Crippen LogP contribution in [-0.4, -0.2) is 28.7 Å². The smallest absolute Gasteiger partial charge is 0.255 e. The van der Waals surface area contributed by atoms with Crippen LogP contribution in [0.1, 0.15) is 22.3 Å². The number of hydrogen-bond acceptors (Lipinski definition) is 4. The van der Waals surface area contributed by atoms with Gasteiger partial charge in [0.15, 0.2) is 0 Å². The van der Waals surface area contributed by atoms with E-state index in [1.807, 2.05) is 0 Å². The summed E-state index contributed by atoms with van der Waals surface area (Å²) in [5, 5.41) is 2.20. The maximum absolute atomic E-state index is 12.2. The van der Waals surface area contributed by atoms with Gasteiger partial charge < -0.3 is 10.6 Å². The van der Waals surface area contributed by atoms with Gasteiger partial charge in [0, 0.05) is 23.4 Å². The van der Waals surface area contributed by atoms with Crippen LogP contribution in [0, 0.1) is 0 Å². The van der Waals surface area contributed by atoms with E-state index >= 15 is 0 Å². The Morgan fingerprint density at radius 2 is 2.06 bits per heavy atom. The Balaban J connectivity index is 1.95. The fraction of sp³-hybridized carbons (Fsp3) is 0.250. The van der Waals surface area contributed by atoms with Crippen molar-refractivity contribution < 1.29 is 14.4 Å². The van der Waals surface area contributed by atoms with Gasteiger partial charge in [0.1, 0.15) is 6.04 Å². The third-order valence-electron chi connectivity index (χ3n) is 3.35. The van der Waals surface area contributed by atoms with E-state index < -0.39 is 11.9 Å². The Labute approximate surface area is 103 Å². The number of anilines is 1. The van der Waals surface area contributed by atoms with Gasteiger partial charge >= 0.3 is 0 Å². The Kier molecular flexibility index (Phi) is 2.13. The molecule has 1 atom stereocenters. The van der Waals surface area contributed by atoms with Crippen LogP contribution in [0.2, 0.25) is 0 Å². The number of amides is 3. The molecule has 0 aromatic heterocycles. The molecule has 0 spiro atoms. The quantitative estimate of drug-likeness (QED) is 0.522. The predicted molar refractivity (Wildman–Crippen MR) is 62.3 cm³/mol. The zero-order valence-electron chi connectivity index (χ0n) is 9.47. The van der Waals surface area contributed by atoms with Gasteiger partial charge in [0.25, 0.3) is 5.91 Å². The first-order chi connectivity index (χ1) is 8.58. The SMILES string of the molecule is Nc1cccc2c1CN([C@H]1CC(=O)NC1=O)C2=O. The molecule has 3 amide bonds. The van der Waals surface area contributed by atoms with Crippen LogP contribution >= 0.6 is 0 Å².